The molecule has 0 unspecified atom stereocenters. The van der Waals surface area contributed by atoms with Crippen LogP contribution in [0.3, 0.4) is 0 Å². The van der Waals surface area contributed by atoms with E-state index in [-0.39, 0.29) is 17.9 Å². The molecule has 0 bridgehead atoms. The normalized spacial score (nSPS) is 13.0. The summed E-state index contributed by atoms with van der Waals surface area (Å²) < 4.78 is 11.9. The Morgan fingerprint density at radius 3 is 2.61 bits per heavy atom. The van der Waals surface area contributed by atoms with E-state index in [2.05, 4.69) is 23.2 Å². The Bertz CT molecular complexity index is 1420. The molecule has 6 nitrogen and oxygen atoms in total. The molecule has 1 aliphatic carbocycles. The number of fused-ring (bicyclic) bond motifs is 2. The summed E-state index contributed by atoms with van der Waals surface area (Å²) in [6.45, 7) is -0.100. The van der Waals surface area contributed by atoms with Gasteiger partial charge in [0, 0.05) is 16.5 Å². The maximum absolute atomic E-state index is 13.4. The van der Waals surface area contributed by atoms with Crippen LogP contribution in [0.15, 0.2) is 52.9 Å². The third-order valence-electron chi connectivity index (χ3n) is 6.24. The van der Waals surface area contributed by atoms with E-state index in [1.807, 2.05) is 5.38 Å². The molecule has 2 aromatic heterocycles. The van der Waals surface area contributed by atoms with Crippen LogP contribution in [-0.4, -0.2) is 29.6 Å². The van der Waals surface area contributed by atoms with Crippen molar-refractivity contribution in [1.82, 2.24) is 9.55 Å². The molecule has 4 aromatic rings. The van der Waals surface area contributed by atoms with Gasteiger partial charge in [-0.1, -0.05) is 18.2 Å². The van der Waals surface area contributed by atoms with Crippen LogP contribution in [0, 0.1) is 0 Å². The largest absolute Gasteiger partial charge is 0.493 e. The molecule has 1 aliphatic rings. The van der Waals surface area contributed by atoms with Crippen LogP contribution in [0.1, 0.15) is 34.3 Å². The van der Waals surface area contributed by atoms with Crippen LogP contribution < -0.4 is 15.0 Å². The third-order valence-corrected chi connectivity index (χ3v) is 7.13. The summed E-state index contributed by atoms with van der Waals surface area (Å²) in [5.41, 5.74) is 4.92. The topological polar surface area (TPSA) is 70.4 Å². The molecule has 2 heterocycles. The zero-order valence-corrected chi connectivity index (χ0v) is 19.4. The fourth-order valence-corrected chi connectivity index (χ4v) is 5.36. The molecule has 168 valence electrons. The van der Waals surface area contributed by atoms with Gasteiger partial charge in [-0.25, -0.2) is 4.98 Å². The van der Waals surface area contributed by atoms with Crippen molar-refractivity contribution in [1.29, 1.82) is 0 Å². The lowest BCUT2D eigenvalue weighted by Gasteiger charge is -2.16. The number of methoxy groups -OCH3 is 2. The van der Waals surface area contributed by atoms with Crippen LogP contribution in [0.5, 0.6) is 11.5 Å². The van der Waals surface area contributed by atoms with E-state index in [1.165, 1.54) is 53.3 Å². The van der Waals surface area contributed by atoms with Crippen molar-refractivity contribution < 1.29 is 14.3 Å². The standard InChI is InChI=1S/C26H24N2O4S/c1-31-22-10-9-19(12-23(22)32-2)21(29)13-28-15-27-25-24(26(28)30)20(14-33-25)18-8-7-16-5-3-4-6-17(16)11-18/h7-12,14-15H,3-6,13H2,1-2H3. The summed E-state index contributed by atoms with van der Waals surface area (Å²) in [6.07, 6.45) is 6.08. The van der Waals surface area contributed by atoms with Gasteiger partial charge in [0.1, 0.15) is 4.83 Å². The van der Waals surface area contributed by atoms with E-state index in [9.17, 15) is 9.59 Å². The Balaban J connectivity index is 1.50. The smallest absolute Gasteiger partial charge is 0.263 e. The number of ether oxygens (including phenoxy) is 2. The number of benzene rings is 2. The van der Waals surface area contributed by atoms with Crippen LogP contribution >= 0.6 is 11.3 Å². The maximum atomic E-state index is 13.4. The first-order chi connectivity index (χ1) is 16.1. The van der Waals surface area contributed by atoms with Crippen molar-refractivity contribution in [2.24, 2.45) is 0 Å². The van der Waals surface area contributed by atoms with Gasteiger partial charge in [-0.2, -0.15) is 0 Å². The summed E-state index contributed by atoms with van der Waals surface area (Å²) in [5.74, 6) is 0.809. The first kappa shape index (κ1) is 21.4. The van der Waals surface area contributed by atoms with Gasteiger partial charge in [0.2, 0.25) is 0 Å². The predicted molar refractivity (Wildman–Crippen MR) is 130 cm³/mol. The molecule has 5 rings (SSSR count). The first-order valence-corrected chi connectivity index (χ1v) is 11.8. The second-order valence-electron chi connectivity index (χ2n) is 8.19. The van der Waals surface area contributed by atoms with E-state index >= 15 is 0 Å². The minimum atomic E-state index is -0.206. The molecule has 0 atom stereocenters. The van der Waals surface area contributed by atoms with Crippen molar-refractivity contribution in [2.75, 3.05) is 14.2 Å². The van der Waals surface area contributed by atoms with E-state index in [1.54, 1.807) is 25.3 Å². The highest BCUT2D eigenvalue weighted by atomic mass is 32.1. The quantitative estimate of drug-likeness (QED) is 0.383. The Morgan fingerprint density at radius 2 is 1.82 bits per heavy atom. The van der Waals surface area contributed by atoms with Gasteiger partial charge in [0.05, 0.1) is 32.5 Å². The highest BCUT2D eigenvalue weighted by Gasteiger charge is 2.18. The second kappa shape index (κ2) is 8.83. The molecular weight excluding hydrogens is 436 g/mol. The zero-order chi connectivity index (χ0) is 22.9. The number of aryl methyl sites for hydroxylation is 2. The SMILES string of the molecule is COc1ccc(C(=O)Cn2cnc3scc(-c4ccc5c(c4)CCCC5)c3c2=O)cc1OC. The zero-order valence-electron chi connectivity index (χ0n) is 18.6. The number of hydrogen-bond donors (Lipinski definition) is 0. The molecule has 0 spiro atoms. The monoisotopic (exact) mass is 460 g/mol. The second-order valence-corrected chi connectivity index (χ2v) is 9.05. The van der Waals surface area contributed by atoms with Gasteiger partial charge in [0.15, 0.2) is 17.3 Å². The molecule has 0 saturated heterocycles. The summed E-state index contributed by atoms with van der Waals surface area (Å²) in [6, 6.07) is 11.5. The van der Waals surface area contributed by atoms with E-state index in [4.69, 9.17) is 9.47 Å². The highest BCUT2D eigenvalue weighted by molar-refractivity contribution is 7.17. The van der Waals surface area contributed by atoms with Gasteiger partial charge in [-0.05, 0) is 60.6 Å². The molecule has 0 aliphatic heterocycles. The lowest BCUT2D eigenvalue weighted by atomic mass is 9.89. The highest BCUT2D eigenvalue weighted by Crippen LogP contribution is 2.33. The number of thiophene rings is 1. The van der Waals surface area contributed by atoms with Crippen LogP contribution in [0.4, 0.5) is 0 Å². The fraction of sp³-hybridized carbons (Fsp3) is 0.269. The molecule has 33 heavy (non-hydrogen) atoms. The number of ketones is 1. The van der Waals surface area contributed by atoms with Crippen LogP contribution in [0.2, 0.25) is 0 Å². The van der Waals surface area contributed by atoms with Crippen LogP contribution in [-0.2, 0) is 19.4 Å². The van der Waals surface area contributed by atoms with Crippen molar-refractivity contribution in [3.05, 3.63) is 75.1 Å². The Morgan fingerprint density at radius 1 is 1.03 bits per heavy atom. The van der Waals surface area contributed by atoms with Gasteiger partial charge >= 0.3 is 0 Å². The minimum absolute atomic E-state index is 0.100. The fourth-order valence-electron chi connectivity index (χ4n) is 4.45. The summed E-state index contributed by atoms with van der Waals surface area (Å²) in [7, 11) is 3.06. The number of Topliss-reactive ketones (excluding diaryl/α,β-unsaturated/α-hetero) is 1. The van der Waals surface area contributed by atoms with Gasteiger partial charge in [0.25, 0.3) is 5.56 Å². The predicted octanol–water partition coefficient (Wildman–Crippen LogP) is 4.90. The molecule has 7 heteroatoms. The molecule has 0 amide bonds. The Kier molecular flexibility index (Phi) is 5.72. The molecule has 0 fully saturated rings. The molecule has 2 aromatic carbocycles. The maximum Gasteiger partial charge on any atom is 0.263 e. The molecule has 0 radical (unpaired) electrons. The van der Waals surface area contributed by atoms with Crippen molar-refractivity contribution in [2.45, 2.75) is 32.2 Å². The average molecular weight is 461 g/mol. The Labute approximate surface area is 195 Å². The van der Waals surface area contributed by atoms with Gasteiger partial charge < -0.3 is 9.47 Å². The van der Waals surface area contributed by atoms with Crippen molar-refractivity contribution in [3.63, 3.8) is 0 Å². The average Bonchev–Trinajstić information content (AvgIpc) is 3.30. The summed E-state index contributed by atoms with van der Waals surface area (Å²) in [5, 5.41) is 2.56. The van der Waals surface area contributed by atoms with E-state index < -0.39 is 0 Å². The number of carbonyl (C=O) groups excluding carboxylic acids is 1. The third kappa shape index (κ3) is 3.93. The van der Waals surface area contributed by atoms with Crippen molar-refractivity contribution in [3.8, 4) is 22.6 Å². The number of rotatable bonds is 6. The lowest BCUT2D eigenvalue weighted by molar-refractivity contribution is 0.0970. The first-order valence-electron chi connectivity index (χ1n) is 10.9. The number of nitrogens with zero attached hydrogens (tertiary/aromatic N) is 2. The lowest BCUT2D eigenvalue weighted by Crippen LogP contribution is -2.24. The van der Waals surface area contributed by atoms with Gasteiger partial charge in [-0.15, -0.1) is 11.3 Å². The summed E-state index contributed by atoms with van der Waals surface area (Å²) in [4.78, 5) is 31.5. The molecular formula is C26H24N2O4S. The van der Waals surface area contributed by atoms with E-state index in [0.717, 1.165) is 24.0 Å². The van der Waals surface area contributed by atoms with E-state index in [0.29, 0.717) is 27.3 Å². The summed E-state index contributed by atoms with van der Waals surface area (Å²) >= 11 is 1.45. The van der Waals surface area contributed by atoms with Crippen LogP contribution in [0.25, 0.3) is 21.3 Å². The van der Waals surface area contributed by atoms with Gasteiger partial charge in [-0.3, -0.25) is 14.2 Å². The molecule has 0 N–H and O–H groups in total. The molecule has 0 saturated carbocycles. The number of carbonyl (C=O) groups is 1. The Hall–Kier alpha value is -3.45. The number of aromatic nitrogens is 2. The minimum Gasteiger partial charge on any atom is -0.493 e. The van der Waals surface area contributed by atoms with Crippen molar-refractivity contribution >= 4 is 27.3 Å². The number of hydrogen-bond acceptors (Lipinski definition) is 6.